The second kappa shape index (κ2) is 9.75. The Morgan fingerprint density at radius 3 is 2.28 bits per heavy atom. The van der Waals surface area contributed by atoms with Crippen LogP contribution in [0.2, 0.25) is 0 Å². The van der Waals surface area contributed by atoms with Gasteiger partial charge >= 0.3 is 0 Å². The summed E-state index contributed by atoms with van der Waals surface area (Å²) in [6, 6.07) is 27.5. The third-order valence-electron chi connectivity index (χ3n) is 5.02. The zero-order valence-electron chi connectivity index (χ0n) is 18.0. The van der Waals surface area contributed by atoms with E-state index in [0.717, 1.165) is 28.0 Å². The number of amides is 1. The van der Waals surface area contributed by atoms with Crippen LogP contribution in [0.3, 0.4) is 0 Å². The van der Waals surface area contributed by atoms with Gasteiger partial charge in [0.05, 0.1) is 18.0 Å². The van der Waals surface area contributed by atoms with E-state index in [9.17, 15) is 4.79 Å². The van der Waals surface area contributed by atoms with Crippen LogP contribution in [-0.2, 0) is 0 Å². The normalized spacial score (nSPS) is 11.2. The molecule has 6 heteroatoms. The molecule has 0 saturated carbocycles. The van der Waals surface area contributed by atoms with Crippen molar-refractivity contribution < 1.29 is 9.53 Å². The van der Waals surface area contributed by atoms with Crippen LogP contribution in [0.4, 0.5) is 0 Å². The molecule has 0 fully saturated rings. The van der Waals surface area contributed by atoms with Gasteiger partial charge < -0.3 is 4.74 Å². The van der Waals surface area contributed by atoms with Gasteiger partial charge in [-0.25, -0.2) is 5.43 Å². The summed E-state index contributed by atoms with van der Waals surface area (Å²) >= 11 is 0. The number of carbonyl (C=O) groups is 1. The molecule has 1 amide bonds. The maximum Gasteiger partial charge on any atom is 0.289 e. The fourth-order valence-corrected chi connectivity index (χ4v) is 3.27. The molecule has 0 bridgehead atoms. The topological polar surface area (TPSA) is 79.4 Å². The van der Waals surface area contributed by atoms with Crippen LogP contribution in [0, 0.1) is 0 Å². The summed E-state index contributed by atoms with van der Waals surface area (Å²) in [6.45, 7) is 4.39. The molecule has 0 aliphatic carbocycles. The molecule has 4 rings (SSSR count). The Hall–Kier alpha value is -4.19. The number of ether oxygens (including phenoxy) is 1. The molecular weight excluding hydrogens is 400 g/mol. The maximum absolute atomic E-state index is 12.5. The van der Waals surface area contributed by atoms with Crippen LogP contribution in [0.1, 0.15) is 29.9 Å². The Labute approximate surface area is 187 Å². The van der Waals surface area contributed by atoms with E-state index >= 15 is 0 Å². The van der Waals surface area contributed by atoms with Crippen LogP contribution in [-0.4, -0.2) is 28.4 Å². The fourth-order valence-electron chi connectivity index (χ4n) is 3.27. The Bertz CT molecular complexity index is 1210. The van der Waals surface area contributed by atoms with E-state index in [1.54, 1.807) is 6.07 Å². The lowest BCUT2D eigenvalue weighted by Gasteiger charge is -2.05. The first-order valence-electron chi connectivity index (χ1n) is 10.4. The molecule has 2 N–H and O–H groups in total. The molecule has 0 aliphatic rings. The van der Waals surface area contributed by atoms with E-state index in [1.807, 2.05) is 80.6 Å². The number of rotatable bonds is 7. The molecule has 0 aliphatic heterocycles. The van der Waals surface area contributed by atoms with Gasteiger partial charge in [-0.15, -0.1) is 0 Å². The molecule has 0 unspecified atom stereocenters. The zero-order valence-corrected chi connectivity index (χ0v) is 18.0. The second-order valence-corrected chi connectivity index (χ2v) is 7.21. The molecule has 0 radical (unpaired) electrons. The molecule has 0 saturated heterocycles. The number of aromatic nitrogens is 2. The van der Waals surface area contributed by atoms with Crippen LogP contribution < -0.4 is 10.2 Å². The van der Waals surface area contributed by atoms with Gasteiger partial charge in [0.2, 0.25) is 0 Å². The van der Waals surface area contributed by atoms with E-state index in [4.69, 9.17) is 4.74 Å². The molecule has 0 atom stereocenters. The molecule has 1 heterocycles. The monoisotopic (exact) mass is 424 g/mol. The van der Waals surface area contributed by atoms with Crippen LogP contribution >= 0.6 is 0 Å². The number of hydrogen-bond donors (Lipinski definition) is 2. The number of carbonyl (C=O) groups excluding carboxylic acids is 1. The molecule has 4 aromatic rings. The molecular formula is C26H24N4O2. The highest BCUT2D eigenvalue weighted by molar-refractivity contribution is 6.00. The van der Waals surface area contributed by atoms with Gasteiger partial charge in [0.25, 0.3) is 5.91 Å². The summed E-state index contributed by atoms with van der Waals surface area (Å²) in [4.78, 5) is 12.5. The average Bonchev–Trinajstić information content (AvgIpc) is 3.34. The summed E-state index contributed by atoms with van der Waals surface area (Å²) in [5.74, 6) is 0.449. The van der Waals surface area contributed by atoms with Crippen molar-refractivity contribution in [3.8, 4) is 28.1 Å². The van der Waals surface area contributed by atoms with Crippen molar-refractivity contribution in [2.24, 2.45) is 5.10 Å². The number of aromatic amines is 1. The van der Waals surface area contributed by atoms with Gasteiger partial charge in [0.15, 0.2) is 0 Å². The first-order chi connectivity index (χ1) is 15.6. The quantitative estimate of drug-likeness (QED) is 0.312. The zero-order chi connectivity index (χ0) is 22.3. The van der Waals surface area contributed by atoms with Crippen molar-refractivity contribution in [3.63, 3.8) is 0 Å². The first-order valence-corrected chi connectivity index (χ1v) is 10.4. The largest absolute Gasteiger partial charge is 0.494 e. The highest BCUT2D eigenvalue weighted by Gasteiger charge is 2.11. The number of hydrogen-bond acceptors (Lipinski definition) is 4. The van der Waals surface area contributed by atoms with Crippen LogP contribution in [0.25, 0.3) is 22.4 Å². The van der Waals surface area contributed by atoms with Crippen molar-refractivity contribution in [2.45, 2.75) is 13.8 Å². The van der Waals surface area contributed by atoms with Gasteiger partial charge in [-0.2, -0.15) is 10.2 Å². The van der Waals surface area contributed by atoms with Gasteiger partial charge in [-0.05, 0) is 60.9 Å². The van der Waals surface area contributed by atoms with Crippen LogP contribution in [0.5, 0.6) is 5.75 Å². The van der Waals surface area contributed by atoms with E-state index in [2.05, 4.69) is 32.9 Å². The lowest BCUT2D eigenvalue weighted by molar-refractivity contribution is 0.0950. The van der Waals surface area contributed by atoms with Crippen molar-refractivity contribution in [3.05, 3.63) is 96.2 Å². The van der Waals surface area contributed by atoms with Crippen molar-refractivity contribution >= 4 is 11.6 Å². The highest BCUT2D eigenvalue weighted by Crippen LogP contribution is 2.24. The van der Waals surface area contributed by atoms with Crippen molar-refractivity contribution in [1.82, 2.24) is 15.6 Å². The molecule has 32 heavy (non-hydrogen) atoms. The number of hydrazone groups is 1. The Kier molecular flexibility index (Phi) is 6.41. The van der Waals surface area contributed by atoms with Gasteiger partial charge in [-0.3, -0.25) is 9.89 Å². The van der Waals surface area contributed by atoms with E-state index < -0.39 is 0 Å². The lowest BCUT2D eigenvalue weighted by atomic mass is 10.0. The SMILES string of the molecule is CCOc1ccc(/C(C)=N\NC(=O)c2cc(-c3ccc(-c4ccccc4)cc3)n[nH]2)cc1. The summed E-state index contributed by atoms with van der Waals surface area (Å²) in [6.07, 6.45) is 0. The number of H-pyrrole nitrogens is 1. The minimum absolute atomic E-state index is 0.343. The highest BCUT2D eigenvalue weighted by atomic mass is 16.5. The van der Waals surface area contributed by atoms with Crippen molar-refractivity contribution in [2.75, 3.05) is 6.61 Å². The molecule has 3 aromatic carbocycles. The Morgan fingerprint density at radius 1 is 0.938 bits per heavy atom. The number of nitrogens with zero attached hydrogens (tertiary/aromatic N) is 2. The number of benzene rings is 3. The van der Waals surface area contributed by atoms with Crippen molar-refractivity contribution in [1.29, 1.82) is 0 Å². The van der Waals surface area contributed by atoms with Crippen LogP contribution in [0.15, 0.2) is 90.0 Å². The molecule has 1 aromatic heterocycles. The average molecular weight is 425 g/mol. The lowest BCUT2D eigenvalue weighted by Crippen LogP contribution is -2.19. The van der Waals surface area contributed by atoms with E-state index in [-0.39, 0.29) is 5.91 Å². The Morgan fingerprint density at radius 2 is 1.59 bits per heavy atom. The smallest absolute Gasteiger partial charge is 0.289 e. The number of nitrogens with one attached hydrogen (secondary N) is 2. The van der Waals surface area contributed by atoms with E-state index in [0.29, 0.717) is 23.7 Å². The maximum atomic E-state index is 12.5. The van der Waals surface area contributed by atoms with E-state index in [1.165, 1.54) is 0 Å². The predicted octanol–water partition coefficient (Wildman–Crippen LogP) is 5.30. The summed E-state index contributed by atoms with van der Waals surface area (Å²) in [7, 11) is 0. The van der Waals surface area contributed by atoms with Gasteiger partial charge in [-0.1, -0.05) is 54.6 Å². The van der Waals surface area contributed by atoms with Gasteiger partial charge in [0.1, 0.15) is 11.4 Å². The minimum atomic E-state index is -0.352. The summed E-state index contributed by atoms with van der Waals surface area (Å²) < 4.78 is 5.44. The predicted molar refractivity (Wildman–Crippen MR) is 127 cm³/mol. The standard InChI is InChI=1S/C26H24N4O2/c1-3-32-23-15-13-19(14-16-23)18(2)27-30-26(31)25-17-24(28-29-25)22-11-9-21(10-12-22)20-7-5-4-6-8-20/h4-17H,3H2,1-2H3,(H,28,29)(H,30,31)/b27-18-. The van der Waals surface area contributed by atoms with Gasteiger partial charge in [0, 0.05) is 5.56 Å². The molecule has 0 spiro atoms. The minimum Gasteiger partial charge on any atom is -0.494 e. The Balaban J connectivity index is 1.41. The second-order valence-electron chi connectivity index (χ2n) is 7.21. The molecule has 6 nitrogen and oxygen atoms in total. The third-order valence-corrected chi connectivity index (χ3v) is 5.02. The molecule has 160 valence electrons. The summed E-state index contributed by atoms with van der Waals surface area (Å²) in [5.41, 5.74) is 8.42. The summed E-state index contributed by atoms with van der Waals surface area (Å²) in [5, 5.41) is 11.3. The first kappa shape index (κ1) is 21.1. The third kappa shape index (κ3) is 4.92. The fraction of sp³-hybridized carbons (Fsp3) is 0.115.